The molecule has 2 heterocycles. The number of aromatic nitrogens is 4. The van der Waals surface area contributed by atoms with Gasteiger partial charge in [0.25, 0.3) is 0 Å². The molecule has 6 heteroatoms. The van der Waals surface area contributed by atoms with Gasteiger partial charge >= 0.3 is 0 Å². The van der Waals surface area contributed by atoms with E-state index in [2.05, 4.69) is 26.7 Å². The van der Waals surface area contributed by atoms with Crippen LogP contribution in [0.25, 0.3) is 5.65 Å². The summed E-state index contributed by atoms with van der Waals surface area (Å²) in [6.45, 7) is 3.37. The lowest BCUT2D eigenvalue weighted by molar-refractivity contribution is 0.297. The molecule has 2 aromatic heterocycles. The summed E-state index contributed by atoms with van der Waals surface area (Å²) < 4.78 is 7.67. The van der Waals surface area contributed by atoms with Crippen molar-refractivity contribution < 1.29 is 4.74 Å². The van der Waals surface area contributed by atoms with Gasteiger partial charge in [-0.25, -0.2) is 0 Å². The minimum absolute atomic E-state index is 0.667. The van der Waals surface area contributed by atoms with Gasteiger partial charge in [0.1, 0.15) is 11.6 Å². The largest absolute Gasteiger partial charge is 0.493 e. The summed E-state index contributed by atoms with van der Waals surface area (Å²) in [4.78, 5) is 0. The second-order valence-corrected chi connectivity index (χ2v) is 5.95. The molecule has 1 aromatic carbocycles. The van der Waals surface area contributed by atoms with E-state index in [0.29, 0.717) is 6.54 Å². The number of benzene rings is 1. The van der Waals surface area contributed by atoms with Gasteiger partial charge in [0, 0.05) is 12.1 Å². The molecule has 1 aliphatic rings. The normalized spacial score (nSPS) is 14.1. The number of nitrogens with one attached hydrogen (secondary N) is 1. The lowest BCUT2D eigenvalue weighted by atomic mass is 10.2. The Bertz CT molecular complexity index is 825. The average molecular weight is 309 g/mol. The topological polar surface area (TPSA) is 64.3 Å². The van der Waals surface area contributed by atoms with Crippen molar-refractivity contribution in [1.82, 2.24) is 19.8 Å². The summed E-state index contributed by atoms with van der Waals surface area (Å²) in [6, 6.07) is 12.0. The molecule has 0 spiro atoms. The lowest BCUT2D eigenvalue weighted by Crippen LogP contribution is -2.07. The van der Waals surface area contributed by atoms with Crippen molar-refractivity contribution in [3.8, 4) is 5.75 Å². The summed E-state index contributed by atoms with van der Waals surface area (Å²) >= 11 is 0. The van der Waals surface area contributed by atoms with Gasteiger partial charge in [-0.2, -0.15) is 4.52 Å². The second kappa shape index (κ2) is 5.87. The van der Waals surface area contributed by atoms with Gasteiger partial charge in [-0.05, 0) is 43.9 Å². The quantitative estimate of drug-likeness (QED) is 0.758. The molecule has 4 rings (SSSR count). The lowest BCUT2D eigenvalue weighted by Gasteiger charge is -2.12. The third-order valence-electron chi connectivity index (χ3n) is 4.02. The molecule has 0 atom stereocenters. The van der Waals surface area contributed by atoms with Crippen LogP contribution in [0, 0.1) is 12.8 Å². The van der Waals surface area contributed by atoms with Gasteiger partial charge in [-0.15, -0.1) is 15.3 Å². The van der Waals surface area contributed by atoms with Crippen LogP contribution in [0.1, 0.15) is 24.2 Å². The van der Waals surface area contributed by atoms with Crippen LogP contribution in [-0.4, -0.2) is 26.4 Å². The molecule has 3 aromatic rings. The smallest absolute Gasteiger partial charge is 0.178 e. The second-order valence-electron chi connectivity index (χ2n) is 5.95. The molecule has 23 heavy (non-hydrogen) atoms. The number of hydrogen-bond acceptors (Lipinski definition) is 5. The molecule has 0 radical (unpaired) electrons. The van der Waals surface area contributed by atoms with Crippen LogP contribution in [0.4, 0.5) is 5.82 Å². The number of para-hydroxylation sites is 1. The molecule has 118 valence electrons. The molecule has 0 aliphatic heterocycles. The van der Waals surface area contributed by atoms with E-state index in [0.717, 1.165) is 41.1 Å². The number of nitrogens with zero attached hydrogens (tertiary/aromatic N) is 4. The van der Waals surface area contributed by atoms with Crippen molar-refractivity contribution >= 4 is 11.5 Å². The first-order valence-corrected chi connectivity index (χ1v) is 7.93. The Hall–Kier alpha value is -2.63. The molecule has 1 aliphatic carbocycles. The maximum absolute atomic E-state index is 5.94. The molecular weight excluding hydrogens is 290 g/mol. The minimum Gasteiger partial charge on any atom is -0.493 e. The fourth-order valence-electron chi connectivity index (χ4n) is 2.46. The van der Waals surface area contributed by atoms with Crippen LogP contribution in [0.2, 0.25) is 0 Å². The summed E-state index contributed by atoms with van der Waals surface area (Å²) in [6.07, 6.45) is 2.59. The molecular formula is C17H19N5O. The summed E-state index contributed by atoms with van der Waals surface area (Å²) in [5.74, 6) is 3.26. The van der Waals surface area contributed by atoms with E-state index in [1.807, 2.05) is 37.3 Å². The van der Waals surface area contributed by atoms with Crippen LogP contribution in [0.5, 0.6) is 5.75 Å². The van der Waals surface area contributed by atoms with Crippen LogP contribution >= 0.6 is 0 Å². The Kier molecular flexibility index (Phi) is 3.57. The Morgan fingerprint density at radius 2 is 2.04 bits per heavy atom. The van der Waals surface area contributed by atoms with E-state index in [9.17, 15) is 0 Å². The first-order valence-electron chi connectivity index (χ1n) is 7.93. The van der Waals surface area contributed by atoms with Gasteiger partial charge in [0.05, 0.1) is 6.61 Å². The van der Waals surface area contributed by atoms with Gasteiger partial charge < -0.3 is 10.1 Å². The number of rotatable bonds is 6. The third kappa shape index (κ3) is 3.11. The first kappa shape index (κ1) is 14.0. The highest BCUT2D eigenvalue weighted by atomic mass is 16.5. The summed E-state index contributed by atoms with van der Waals surface area (Å²) in [5, 5.41) is 15.9. The van der Waals surface area contributed by atoms with E-state index in [4.69, 9.17) is 4.74 Å². The zero-order valence-corrected chi connectivity index (χ0v) is 13.1. The molecule has 0 unspecified atom stereocenters. The SMILES string of the molecule is Cc1nnc2ccc(NCc3ccccc3OCC3CC3)nn12. The highest BCUT2D eigenvalue weighted by molar-refractivity contribution is 5.45. The van der Waals surface area contributed by atoms with Crippen LogP contribution in [0.3, 0.4) is 0 Å². The number of ether oxygens (including phenoxy) is 1. The molecule has 1 saturated carbocycles. The van der Waals surface area contributed by atoms with Crippen molar-refractivity contribution in [2.75, 3.05) is 11.9 Å². The zero-order chi connectivity index (χ0) is 15.6. The molecule has 0 bridgehead atoms. The van der Waals surface area contributed by atoms with E-state index < -0.39 is 0 Å². The van der Waals surface area contributed by atoms with Gasteiger partial charge in [0.2, 0.25) is 0 Å². The molecule has 1 fully saturated rings. The number of fused-ring (bicyclic) bond motifs is 1. The van der Waals surface area contributed by atoms with Gasteiger partial charge in [0.15, 0.2) is 11.5 Å². The fourth-order valence-corrected chi connectivity index (χ4v) is 2.46. The Morgan fingerprint density at radius 1 is 1.17 bits per heavy atom. The van der Waals surface area contributed by atoms with E-state index >= 15 is 0 Å². The van der Waals surface area contributed by atoms with Crippen LogP contribution in [0.15, 0.2) is 36.4 Å². The Labute approximate surface area is 134 Å². The highest BCUT2D eigenvalue weighted by Gasteiger charge is 2.22. The number of aryl methyl sites for hydroxylation is 1. The maximum Gasteiger partial charge on any atom is 0.178 e. The van der Waals surface area contributed by atoms with Crippen LogP contribution in [-0.2, 0) is 6.54 Å². The third-order valence-corrected chi connectivity index (χ3v) is 4.02. The Balaban J connectivity index is 1.47. The van der Waals surface area contributed by atoms with Crippen molar-refractivity contribution in [2.45, 2.75) is 26.3 Å². The van der Waals surface area contributed by atoms with E-state index in [1.54, 1.807) is 4.52 Å². The fraction of sp³-hybridized carbons (Fsp3) is 0.353. The zero-order valence-electron chi connectivity index (χ0n) is 13.1. The number of anilines is 1. The summed E-state index contributed by atoms with van der Waals surface area (Å²) in [7, 11) is 0. The predicted molar refractivity (Wildman–Crippen MR) is 87.5 cm³/mol. The van der Waals surface area contributed by atoms with E-state index in [-0.39, 0.29) is 0 Å². The van der Waals surface area contributed by atoms with Crippen molar-refractivity contribution in [3.63, 3.8) is 0 Å². The average Bonchev–Trinajstić information content (AvgIpc) is 3.35. The van der Waals surface area contributed by atoms with Crippen LogP contribution < -0.4 is 10.1 Å². The minimum atomic E-state index is 0.667. The van der Waals surface area contributed by atoms with Crippen molar-refractivity contribution in [3.05, 3.63) is 47.8 Å². The first-order chi connectivity index (χ1) is 11.3. The van der Waals surface area contributed by atoms with Crippen molar-refractivity contribution in [2.24, 2.45) is 5.92 Å². The van der Waals surface area contributed by atoms with Crippen molar-refractivity contribution in [1.29, 1.82) is 0 Å². The monoisotopic (exact) mass is 309 g/mol. The maximum atomic E-state index is 5.94. The molecule has 6 nitrogen and oxygen atoms in total. The number of hydrogen-bond donors (Lipinski definition) is 1. The molecule has 0 amide bonds. The molecule has 0 saturated heterocycles. The standard InChI is InChI=1S/C17H19N5O/c1-12-19-20-17-9-8-16(21-22(12)17)18-10-14-4-2-3-5-15(14)23-11-13-6-7-13/h2-5,8-9,13H,6-7,10-11H2,1H3,(H,18,21). The van der Waals surface area contributed by atoms with Gasteiger partial charge in [-0.1, -0.05) is 18.2 Å². The highest BCUT2D eigenvalue weighted by Crippen LogP contribution is 2.30. The summed E-state index contributed by atoms with van der Waals surface area (Å²) in [5.41, 5.74) is 1.89. The Morgan fingerprint density at radius 3 is 2.91 bits per heavy atom. The van der Waals surface area contributed by atoms with E-state index in [1.165, 1.54) is 12.8 Å². The predicted octanol–water partition coefficient (Wildman–Crippen LogP) is 2.83. The van der Waals surface area contributed by atoms with Gasteiger partial charge in [-0.3, -0.25) is 0 Å². The molecule has 1 N–H and O–H groups in total.